The third kappa shape index (κ3) is 5.38. The molecule has 27 heavy (non-hydrogen) atoms. The second-order valence-corrected chi connectivity index (χ2v) is 9.67. The molecule has 0 radical (unpaired) electrons. The summed E-state index contributed by atoms with van der Waals surface area (Å²) in [5.41, 5.74) is -1.64. The van der Waals surface area contributed by atoms with E-state index in [1.165, 1.54) is 22.9 Å². The number of hydrogen-bond donors (Lipinski definition) is 3. The Labute approximate surface area is 169 Å². The Balaban J connectivity index is 2.65. The molecule has 3 N–H and O–H groups in total. The molecule has 6 nitrogen and oxygen atoms in total. The van der Waals surface area contributed by atoms with Gasteiger partial charge >= 0.3 is 6.09 Å². The summed E-state index contributed by atoms with van der Waals surface area (Å²) in [5, 5.41) is 24.0. The number of methoxy groups -OCH3 is 1. The molecule has 0 spiro atoms. The summed E-state index contributed by atoms with van der Waals surface area (Å²) in [6, 6.07) is 0. The molecule has 0 saturated heterocycles. The summed E-state index contributed by atoms with van der Waals surface area (Å²) in [6.07, 6.45) is 3.89. The van der Waals surface area contributed by atoms with Crippen LogP contribution in [0.15, 0.2) is 35.1 Å². The van der Waals surface area contributed by atoms with Crippen LogP contribution in [0.25, 0.3) is 0 Å². The van der Waals surface area contributed by atoms with E-state index in [2.05, 4.69) is 33.7 Å². The van der Waals surface area contributed by atoms with E-state index >= 15 is 0 Å². The molecule has 0 heterocycles. The van der Waals surface area contributed by atoms with E-state index in [1.54, 1.807) is 26.7 Å². The number of allylic oxidation sites excluding steroid dienone is 3. The maximum atomic E-state index is 12.6. The minimum atomic E-state index is -1.79. The van der Waals surface area contributed by atoms with Gasteiger partial charge in [-0.15, -0.1) is 0 Å². The number of fused-ring (bicyclic) bond motifs is 2. The Morgan fingerprint density at radius 2 is 2.22 bits per heavy atom. The predicted octanol–water partition coefficient (Wildman–Crippen LogP) is 1.82. The van der Waals surface area contributed by atoms with E-state index < -0.39 is 23.6 Å². The summed E-state index contributed by atoms with van der Waals surface area (Å²) in [6.45, 7) is 0. The number of ketones is 1. The van der Waals surface area contributed by atoms with Crippen molar-refractivity contribution in [2.75, 3.05) is 19.1 Å². The average Bonchev–Trinajstić information content (AvgIpc) is 2.63. The van der Waals surface area contributed by atoms with Crippen molar-refractivity contribution in [1.29, 1.82) is 0 Å². The van der Waals surface area contributed by atoms with Gasteiger partial charge in [-0.2, -0.15) is 0 Å². The van der Waals surface area contributed by atoms with Crippen LogP contribution in [0.4, 0.5) is 4.79 Å². The zero-order valence-corrected chi connectivity index (χ0v) is 17.0. The number of carbonyl (C=O) groups is 2. The minimum Gasteiger partial charge on any atom is -0.453 e. The molecule has 2 unspecified atom stereocenters. The Hall–Kier alpha value is -1.75. The van der Waals surface area contributed by atoms with Gasteiger partial charge in [0.1, 0.15) is 6.10 Å². The molecule has 142 valence electrons. The van der Waals surface area contributed by atoms with Crippen LogP contribution < -0.4 is 5.32 Å². The molecule has 0 aromatic heterocycles. The molecule has 9 heteroatoms. The highest BCUT2D eigenvalue weighted by atomic mass is 33.5. The highest BCUT2D eigenvalue weighted by molar-refractivity contribution is 9.09. The van der Waals surface area contributed by atoms with Gasteiger partial charge in [-0.25, -0.2) is 4.79 Å². The van der Waals surface area contributed by atoms with Crippen LogP contribution in [0.5, 0.6) is 0 Å². The fourth-order valence-corrected chi connectivity index (χ4v) is 4.94. The largest absolute Gasteiger partial charge is 0.453 e. The van der Waals surface area contributed by atoms with Gasteiger partial charge in [0, 0.05) is 16.9 Å². The topological polar surface area (TPSA) is 95.9 Å². The number of hydrogen-bond acceptors (Lipinski definition) is 8. The Bertz CT molecular complexity index is 841. The van der Waals surface area contributed by atoms with Gasteiger partial charge in [0.2, 0.25) is 0 Å². The lowest BCUT2D eigenvalue weighted by Gasteiger charge is -2.34. The maximum Gasteiger partial charge on any atom is 0.411 e. The Morgan fingerprint density at radius 1 is 1.48 bits per heavy atom. The van der Waals surface area contributed by atoms with Gasteiger partial charge in [0.15, 0.2) is 11.4 Å². The van der Waals surface area contributed by atoms with E-state index in [0.29, 0.717) is 5.75 Å². The molecular weight excluding hydrogens is 406 g/mol. The fraction of sp³-hybridized carbons (Fsp3) is 0.333. The quantitative estimate of drug-likeness (QED) is 0.350. The molecule has 2 atom stereocenters. The van der Waals surface area contributed by atoms with Crippen LogP contribution >= 0.6 is 31.4 Å². The number of aliphatic hydroxyl groups is 2. The van der Waals surface area contributed by atoms with Crippen molar-refractivity contribution in [1.82, 2.24) is 5.32 Å². The molecule has 2 bridgehead atoms. The van der Waals surface area contributed by atoms with Crippen molar-refractivity contribution in [2.45, 2.75) is 18.1 Å². The van der Waals surface area contributed by atoms with Crippen LogP contribution in [0.3, 0.4) is 0 Å². The number of ether oxygens (including phenoxy) is 1. The number of aliphatic hydroxyl groups excluding tert-OH is 1. The number of nitrogens with one attached hydrogen (secondary N) is 1. The Kier molecular flexibility index (Phi) is 7.96. The zero-order chi connectivity index (χ0) is 19.9. The van der Waals surface area contributed by atoms with Crippen molar-refractivity contribution < 1.29 is 24.5 Å². The minimum absolute atomic E-state index is 0.0333. The summed E-state index contributed by atoms with van der Waals surface area (Å²) < 4.78 is 4.56. The first-order chi connectivity index (χ1) is 12.9. The van der Waals surface area contributed by atoms with Crippen LogP contribution in [-0.4, -0.2) is 52.9 Å². The third-order valence-corrected chi connectivity index (χ3v) is 7.34. The number of rotatable bonds is 5. The summed E-state index contributed by atoms with van der Waals surface area (Å²) in [4.78, 5) is 24.3. The van der Waals surface area contributed by atoms with Crippen LogP contribution in [-0.2, 0) is 9.53 Å². The average molecular weight is 424 g/mol. The molecular formula is C18H17NO5S3. The first kappa shape index (κ1) is 21.5. The first-order valence-electron chi connectivity index (χ1n) is 7.67. The molecule has 0 fully saturated rings. The smallest absolute Gasteiger partial charge is 0.411 e. The molecule has 0 aliphatic heterocycles. The van der Waals surface area contributed by atoms with Gasteiger partial charge in [-0.1, -0.05) is 51.3 Å². The van der Waals surface area contributed by atoms with Crippen LogP contribution in [0.1, 0.15) is 6.42 Å². The van der Waals surface area contributed by atoms with E-state index in [0.717, 1.165) is 7.11 Å². The molecule has 0 saturated carbocycles. The van der Waals surface area contributed by atoms with Crippen molar-refractivity contribution in [3.8, 4) is 23.7 Å². The van der Waals surface area contributed by atoms with Gasteiger partial charge < -0.3 is 14.9 Å². The van der Waals surface area contributed by atoms with E-state index in [1.807, 2.05) is 6.26 Å². The summed E-state index contributed by atoms with van der Waals surface area (Å²) >= 11 is 0. The number of amides is 1. The molecule has 2 aliphatic carbocycles. The lowest BCUT2D eigenvalue weighted by atomic mass is 9.75. The third-order valence-electron chi connectivity index (χ3n) is 3.61. The second-order valence-electron chi connectivity index (χ2n) is 5.30. The molecule has 2 rings (SSSR count). The highest BCUT2D eigenvalue weighted by Gasteiger charge is 2.44. The van der Waals surface area contributed by atoms with E-state index in [4.69, 9.17) is 0 Å². The predicted molar refractivity (Wildman–Crippen MR) is 109 cm³/mol. The lowest BCUT2D eigenvalue weighted by Crippen LogP contribution is -2.45. The number of Topliss-reactive ketones (excluding diaryl/α,β-unsaturated/α-hetero) is 1. The van der Waals surface area contributed by atoms with Gasteiger partial charge in [-0.3, -0.25) is 10.1 Å². The maximum absolute atomic E-state index is 12.6. The summed E-state index contributed by atoms with van der Waals surface area (Å²) in [5.74, 6) is 10.5. The van der Waals surface area contributed by atoms with Crippen molar-refractivity contribution >= 4 is 43.3 Å². The van der Waals surface area contributed by atoms with Crippen LogP contribution in [0, 0.1) is 23.7 Å². The molecule has 1 amide bonds. The number of carbonyl (C=O) groups excluding carboxylic acids is 2. The van der Waals surface area contributed by atoms with Crippen LogP contribution in [0.2, 0.25) is 0 Å². The van der Waals surface area contributed by atoms with Crippen molar-refractivity contribution in [3.63, 3.8) is 0 Å². The number of alkyl carbamates (subject to hydrolysis) is 1. The Morgan fingerprint density at radius 3 is 2.93 bits per heavy atom. The SMILES string of the molecule is COC(=O)NC1=C2/C(=C\CSSSC)C(O)(C#C/C=C/C#CC2O)CC1=O. The van der Waals surface area contributed by atoms with Crippen molar-refractivity contribution in [2.24, 2.45) is 0 Å². The van der Waals surface area contributed by atoms with E-state index in [-0.39, 0.29) is 23.3 Å². The highest BCUT2D eigenvalue weighted by Crippen LogP contribution is 2.39. The monoisotopic (exact) mass is 423 g/mol. The molecule has 0 aromatic carbocycles. The standard InChI is InChI=1S/C18H17NO5S3/c1-24-17(22)19-16-14(21)11-18(23)9-6-4-3-5-7-13(20)15(16)12(18)8-10-26-27-25-2/h3-4,8,13,20,23H,10-11H2,1-2H3,(H,19,22)/b4-3+,12-8+. The normalized spacial score (nSPS) is 26.4. The van der Waals surface area contributed by atoms with E-state index in [9.17, 15) is 19.8 Å². The lowest BCUT2D eigenvalue weighted by molar-refractivity contribution is -0.119. The zero-order valence-electron chi connectivity index (χ0n) is 14.6. The fourth-order valence-electron chi connectivity index (χ4n) is 2.52. The van der Waals surface area contributed by atoms with Gasteiger partial charge in [-0.05, 0) is 28.2 Å². The van der Waals surface area contributed by atoms with Crippen molar-refractivity contribution in [3.05, 3.63) is 35.1 Å². The molecule has 0 aromatic rings. The van der Waals surface area contributed by atoms with Gasteiger partial charge in [0.25, 0.3) is 0 Å². The molecule has 2 aliphatic rings. The second kappa shape index (κ2) is 9.98. The summed E-state index contributed by atoms with van der Waals surface area (Å²) in [7, 11) is 5.81. The van der Waals surface area contributed by atoms with Gasteiger partial charge in [0.05, 0.1) is 19.2 Å². The first-order valence-corrected chi connectivity index (χ1v) is 11.7.